The molecule has 0 fully saturated rings. The Hall–Kier alpha value is -1.59. The average Bonchev–Trinajstić information content (AvgIpc) is 2.26. The highest BCUT2D eigenvalue weighted by Crippen LogP contribution is 2.16. The molecule has 0 unspecified atom stereocenters. The minimum Gasteiger partial charge on any atom is -0.312 e. The van der Waals surface area contributed by atoms with Gasteiger partial charge in [-0.05, 0) is 35.7 Å². The highest BCUT2D eigenvalue weighted by molar-refractivity contribution is 5.54. The molecule has 0 spiro atoms. The van der Waals surface area contributed by atoms with Gasteiger partial charge in [-0.1, -0.05) is 18.2 Å². The normalized spacial score (nSPS) is 15.1. The first-order valence-electron chi connectivity index (χ1n) is 4.79. The third-order valence-corrected chi connectivity index (χ3v) is 2.47. The fourth-order valence-corrected chi connectivity index (χ4v) is 1.74. The number of nitrogens with one attached hydrogen (secondary N) is 1. The van der Waals surface area contributed by atoms with Gasteiger partial charge in [0.2, 0.25) is 0 Å². The van der Waals surface area contributed by atoms with Crippen LogP contribution in [0.2, 0.25) is 0 Å². The van der Waals surface area contributed by atoms with E-state index in [0.29, 0.717) is 0 Å². The highest BCUT2D eigenvalue weighted by atomic mass is 14.9. The summed E-state index contributed by atoms with van der Waals surface area (Å²) >= 11 is 0. The quantitative estimate of drug-likeness (QED) is 0.676. The first kappa shape index (κ1) is 8.98. The van der Waals surface area contributed by atoms with Crippen molar-refractivity contribution < 1.29 is 0 Å². The van der Waals surface area contributed by atoms with Crippen LogP contribution in [0.5, 0.6) is 0 Å². The Bertz CT molecular complexity index is 399. The minimum atomic E-state index is 0.948. The zero-order valence-electron chi connectivity index (χ0n) is 7.96. The Labute approximate surface area is 83.9 Å². The Kier molecular flexibility index (Phi) is 2.62. The van der Waals surface area contributed by atoms with Crippen molar-refractivity contribution in [1.29, 1.82) is 5.26 Å². The Morgan fingerprint density at radius 1 is 1.36 bits per heavy atom. The van der Waals surface area contributed by atoms with Crippen molar-refractivity contribution in [2.45, 2.75) is 13.0 Å². The van der Waals surface area contributed by atoms with Gasteiger partial charge >= 0.3 is 0 Å². The summed E-state index contributed by atoms with van der Waals surface area (Å²) in [6.45, 7) is 2.02. The molecule has 1 aliphatic rings. The van der Waals surface area contributed by atoms with E-state index in [1.165, 1.54) is 17.2 Å². The van der Waals surface area contributed by atoms with Crippen LogP contribution in [-0.2, 0) is 13.0 Å². The molecule has 0 amide bonds. The molecular weight excluding hydrogens is 172 g/mol. The van der Waals surface area contributed by atoms with Crippen LogP contribution in [0, 0.1) is 11.3 Å². The SMILES string of the molecule is N#CC=Cc1ccc2c(c1)CNCC2. The molecule has 1 heterocycles. The summed E-state index contributed by atoms with van der Waals surface area (Å²) in [6.07, 6.45) is 4.46. The van der Waals surface area contributed by atoms with E-state index < -0.39 is 0 Å². The lowest BCUT2D eigenvalue weighted by Gasteiger charge is -2.17. The summed E-state index contributed by atoms with van der Waals surface area (Å²) in [4.78, 5) is 0. The summed E-state index contributed by atoms with van der Waals surface area (Å²) in [5, 5.41) is 11.8. The number of rotatable bonds is 1. The van der Waals surface area contributed by atoms with Gasteiger partial charge in [0.05, 0.1) is 6.07 Å². The average molecular weight is 184 g/mol. The summed E-state index contributed by atoms with van der Waals surface area (Å²) in [7, 11) is 0. The van der Waals surface area contributed by atoms with Crippen molar-refractivity contribution in [3.63, 3.8) is 0 Å². The molecule has 2 rings (SSSR count). The van der Waals surface area contributed by atoms with Gasteiger partial charge in [0, 0.05) is 12.6 Å². The fourth-order valence-electron chi connectivity index (χ4n) is 1.74. The van der Waals surface area contributed by atoms with Crippen LogP contribution in [0.15, 0.2) is 24.3 Å². The molecule has 0 saturated heterocycles. The van der Waals surface area contributed by atoms with Crippen molar-refractivity contribution in [3.8, 4) is 6.07 Å². The van der Waals surface area contributed by atoms with Gasteiger partial charge in [-0.3, -0.25) is 0 Å². The van der Waals surface area contributed by atoms with Crippen LogP contribution in [-0.4, -0.2) is 6.54 Å². The van der Waals surface area contributed by atoms with Crippen molar-refractivity contribution in [1.82, 2.24) is 5.32 Å². The molecule has 2 heteroatoms. The van der Waals surface area contributed by atoms with Crippen molar-refractivity contribution in [2.75, 3.05) is 6.54 Å². The molecule has 0 aliphatic carbocycles. The number of hydrogen-bond donors (Lipinski definition) is 1. The van der Waals surface area contributed by atoms with Crippen LogP contribution in [0.4, 0.5) is 0 Å². The second-order valence-electron chi connectivity index (χ2n) is 3.42. The van der Waals surface area contributed by atoms with Gasteiger partial charge < -0.3 is 5.32 Å². The van der Waals surface area contributed by atoms with Gasteiger partial charge in [-0.15, -0.1) is 0 Å². The molecule has 0 radical (unpaired) electrons. The predicted octanol–water partition coefficient (Wildman–Crippen LogP) is 1.87. The number of nitriles is 1. The monoisotopic (exact) mass is 184 g/mol. The molecule has 1 aromatic rings. The lowest BCUT2D eigenvalue weighted by atomic mass is 9.98. The summed E-state index contributed by atoms with van der Waals surface area (Å²) in [5.41, 5.74) is 3.89. The first-order chi connectivity index (χ1) is 6.90. The number of allylic oxidation sites excluding steroid dienone is 1. The fraction of sp³-hybridized carbons (Fsp3) is 0.250. The molecule has 0 atom stereocenters. The second-order valence-corrected chi connectivity index (χ2v) is 3.42. The van der Waals surface area contributed by atoms with Gasteiger partial charge in [-0.2, -0.15) is 5.26 Å². The van der Waals surface area contributed by atoms with Crippen LogP contribution in [0.25, 0.3) is 6.08 Å². The van der Waals surface area contributed by atoms with E-state index in [-0.39, 0.29) is 0 Å². The number of nitrogens with zero attached hydrogens (tertiary/aromatic N) is 1. The summed E-state index contributed by atoms with van der Waals surface area (Å²) in [6, 6.07) is 8.38. The van der Waals surface area contributed by atoms with Gasteiger partial charge in [0.25, 0.3) is 0 Å². The van der Waals surface area contributed by atoms with Crippen LogP contribution < -0.4 is 5.32 Å². The lowest BCUT2D eigenvalue weighted by molar-refractivity contribution is 0.643. The predicted molar refractivity (Wildman–Crippen MR) is 56.5 cm³/mol. The maximum Gasteiger partial charge on any atom is 0.0912 e. The maximum atomic E-state index is 8.42. The zero-order valence-corrected chi connectivity index (χ0v) is 7.96. The van der Waals surface area contributed by atoms with E-state index in [4.69, 9.17) is 5.26 Å². The summed E-state index contributed by atoms with van der Waals surface area (Å²) < 4.78 is 0. The third kappa shape index (κ3) is 1.84. The molecule has 1 aromatic carbocycles. The molecule has 0 saturated carbocycles. The first-order valence-corrected chi connectivity index (χ1v) is 4.79. The molecule has 14 heavy (non-hydrogen) atoms. The van der Waals surface area contributed by atoms with E-state index in [9.17, 15) is 0 Å². The van der Waals surface area contributed by atoms with Crippen LogP contribution in [0.1, 0.15) is 16.7 Å². The van der Waals surface area contributed by atoms with Crippen LogP contribution >= 0.6 is 0 Å². The van der Waals surface area contributed by atoms with Gasteiger partial charge in [-0.25, -0.2) is 0 Å². The van der Waals surface area contributed by atoms with E-state index >= 15 is 0 Å². The standard InChI is InChI=1S/C12H12N2/c13-6-1-2-10-3-4-11-5-7-14-9-12(11)8-10/h1-4,8,14H,5,7,9H2. The smallest absolute Gasteiger partial charge is 0.0912 e. The molecule has 2 nitrogen and oxygen atoms in total. The van der Waals surface area contributed by atoms with Crippen LogP contribution in [0.3, 0.4) is 0 Å². The number of benzene rings is 1. The number of fused-ring (bicyclic) bond motifs is 1. The second kappa shape index (κ2) is 4.08. The van der Waals surface area contributed by atoms with E-state index in [1.807, 2.05) is 12.1 Å². The largest absolute Gasteiger partial charge is 0.312 e. The topological polar surface area (TPSA) is 35.8 Å². The highest BCUT2D eigenvalue weighted by Gasteiger charge is 2.07. The molecule has 0 aromatic heterocycles. The molecular formula is C12H12N2. The molecule has 1 N–H and O–H groups in total. The Balaban J connectivity index is 2.30. The van der Waals surface area contributed by atoms with Crippen molar-refractivity contribution >= 4 is 6.08 Å². The zero-order chi connectivity index (χ0) is 9.80. The maximum absolute atomic E-state index is 8.42. The Morgan fingerprint density at radius 3 is 3.14 bits per heavy atom. The summed E-state index contributed by atoms with van der Waals surface area (Å²) in [5.74, 6) is 0. The van der Waals surface area contributed by atoms with Gasteiger partial charge in [0.1, 0.15) is 0 Å². The number of hydrogen-bond acceptors (Lipinski definition) is 2. The molecule has 70 valence electrons. The van der Waals surface area contributed by atoms with E-state index in [2.05, 4.69) is 23.5 Å². The van der Waals surface area contributed by atoms with E-state index in [0.717, 1.165) is 25.1 Å². The van der Waals surface area contributed by atoms with E-state index in [1.54, 1.807) is 0 Å². The van der Waals surface area contributed by atoms with Crippen molar-refractivity contribution in [2.24, 2.45) is 0 Å². The third-order valence-electron chi connectivity index (χ3n) is 2.47. The van der Waals surface area contributed by atoms with Crippen molar-refractivity contribution in [3.05, 3.63) is 41.0 Å². The Morgan fingerprint density at radius 2 is 2.29 bits per heavy atom. The minimum absolute atomic E-state index is 0.948. The molecule has 0 bridgehead atoms. The lowest BCUT2D eigenvalue weighted by Crippen LogP contribution is -2.23. The molecule has 1 aliphatic heterocycles. The van der Waals surface area contributed by atoms with Gasteiger partial charge in [0.15, 0.2) is 0 Å².